The van der Waals surface area contributed by atoms with E-state index < -0.39 is 0 Å². The summed E-state index contributed by atoms with van der Waals surface area (Å²) in [6.45, 7) is 7.13. The highest BCUT2D eigenvalue weighted by molar-refractivity contribution is 5.92. The molecule has 1 aromatic heterocycles. The van der Waals surface area contributed by atoms with Crippen molar-refractivity contribution in [1.29, 1.82) is 0 Å². The predicted molar refractivity (Wildman–Crippen MR) is 76.0 cm³/mol. The van der Waals surface area contributed by atoms with Gasteiger partial charge in [-0.1, -0.05) is 13.8 Å². The molecular weight excluding hydrogens is 242 g/mol. The maximum atomic E-state index is 11.6. The van der Waals surface area contributed by atoms with Gasteiger partial charge in [-0.05, 0) is 31.9 Å². The van der Waals surface area contributed by atoms with Crippen molar-refractivity contribution >= 4 is 11.7 Å². The molecule has 1 rings (SSSR count). The monoisotopic (exact) mass is 265 g/mol. The summed E-state index contributed by atoms with van der Waals surface area (Å²) >= 11 is 0. The van der Waals surface area contributed by atoms with Crippen LogP contribution in [0.5, 0.6) is 0 Å². The van der Waals surface area contributed by atoms with Crippen molar-refractivity contribution in [1.82, 2.24) is 15.5 Å². The van der Waals surface area contributed by atoms with Crippen LogP contribution in [0.4, 0.5) is 5.82 Å². The molecule has 0 radical (unpaired) electrons. The van der Waals surface area contributed by atoms with Gasteiger partial charge in [0, 0.05) is 13.1 Å². The van der Waals surface area contributed by atoms with Gasteiger partial charge < -0.3 is 16.4 Å². The number of rotatable bonds is 7. The molecule has 0 atom stereocenters. The zero-order valence-electron chi connectivity index (χ0n) is 11.9. The van der Waals surface area contributed by atoms with E-state index in [1.165, 1.54) is 0 Å². The number of nitrogens with one attached hydrogen (secondary N) is 2. The molecule has 6 nitrogen and oxygen atoms in total. The summed E-state index contributed by atoms with van der Waals surface area (Å²) in [6.07, 6.45) is 1.81. The highest BCUT2D eigenvalue weighted by atomic mass is 16.1. The first-order chi connectivity index (χ1) is 9.10. The van der Waals surface area contributed by atoms with Crippen LogP contribution in [0.2, 0.25) is 0 Å². The minimum absolute atomic E-state index is 0.165. The van der Waals surface area contributed by atoms with Gasteiger partial charge in [0.2, 0.25) is 0 Å². The number of nitrogens with two attached hydrogens (primary N) is 1. The number of carbonyl (C=O) groups excluding carboxylic acids is 1. The van der Waals surface area contributed by atoms with Crippen molar-refractivity contribution in [2.24, 2.45) is 5.73 Å². The minimum Gasteiger partial charge on any atom is -0.362 e. The van der Waals surface area contributed by atoms with E-state index in [9.17, 15) is 4.79 Å². The molecule has 0 aliphatic rings. The van der Waals surface area contributed by atoms with Crippen LogP contribution in [0.25, 0.3) is 0 Å². The first-order valence-corrected chi connectivity index (χ1v) is 6.71. The first-order valence-electron chi connectivity index (χ1n) is 6.71. The lowest BCUT2D eigenvalue weighted by atomic mass is 9.93. The lowest BCUT2D eigenvalue weighted by molar-refractivity contribution is 0.0950. The Kier molecular flexibility index (Phi) is 5.69. The number of carbonyl (C=O) groups is 1. The molecule has 0 spiro atoms. The van der Waals surface area contributed by atoms with E-state index in [0.29, 0.717) is 24.6 Å². The van der Waals surface area contributed by atoms with Crippen molar-refractivity contribution in [3.8, 4) is 0 Å². The van der Waals surface area contributed by atoms with Crippen LogP contribution < -0.4 is 16.4 Å². The summed E-state index contributed by atoms with van der Waals surface area (Å²) in [7, 11) is 0. The minimum atomic E-state index is -0.211. The molecule has 4 N–H and O–H groups in total. The van der Waals surface area contributed by atoms with Crippen molar-refractivity contribution in [3.63, 3.8) is 0 Å². The Morgan fingerprint density at radius 2 is 1.95 bits per heavy atom. The average molecular weight is 265 g/mol. The maximum Gasteiger partial charge on any atom is 0.271 e. The van der Waals surface area contributed by atoms with Gasteiger partial charge >= 0.3 is 0 Å². The van der Waals surface area contributed by atoms with E-state index in [4.69, 9.17) is 5.73 Å². The van der Waals surface area contributed by atoms with E-state index in [-0.39, 0.29) is 11.4 Å². The summed E-state index contributed by atoms with van der Waals surface area (Å²) in [6, 6.07) is 3.42. The molecule has 1 aromatic rings. The van der Waals surface area contributed by atoms with E-state index in [1.807, 2.05) is 6.92 Å². The van der Waals surface area contributed by atoms with Gasteiger partial charge in [0.05, 0.1) is 5.54 Å². The van der Waals surface area contributed by atoms with Crippen LogP contribution in [-0.4, -0.2) is 34.7 Å². The second kappa shape index (κ2) is 7.04. The van der Waals surface area contributed by atoms with Crippen LogP contribution in [0.1, 0.15) is 44.1 Å². The number of anilines is 1. The summed E-state index contributed by atoms with van der Waals surface area (Å²) in [4.78, 5) is 11.6. The molecule has 19 heavy (non-hydrogen) atoms. The van der Waals surface area contributed by atoms with E-state index >= 15 is 0 Å². The van der Waals surface area contributed by atoms with Crippen LogP contribution in [0.3, 0.4) is 0 Å². The molecular formula is C13H23N5O. The fraction of sp³-hybridized carbons (Fsp3) is 0.615. The topological polar surface area (TPSA) is 92.9 Å². The van der Waals surface area contributed by atoms with Crippen LogP contribution >= 0.6 is 0 Å². The molecule has 0 aliphatic heterocycles. The van der Waals surface area contributed by atoms with E-state index in [0.717, 1.165) is 12.8 Å². The SMILES string of the molecule is CCNC(=O)c1ccc(NC(CC)(CC)CN)nn1. The number of aromatic nitrogens is 2. The summed E-state index contributed by atoms with van der Waals surface area (Å²) in [5.41, 5.74) is 5.97. The Bertz CT molecular complexity index is 392. The molecule has 1 amide bonds. The zero-order chi connectivity index (χ0) is 14.3. The Labute approximate surface area is 114 Å². The van der Waals surface area contributed by atoms with Gasteiger partial charge in [0.15, 0.2) is 5.69 Å². The molecule has 0 unspecified atom stereocenters. The molecule has 0 fully saturated rings. The number of hydrogen-bond donors (Lipinski definition) is 3. The first kappa shape index (κ1) is 15.4. The molecule has 6 heteroatoms. The fourth-order valence-electron chi connectivity index (χ4n) is 1.81. The number of amides is 1. The molecule has 0 aromatic carbocycles. The quantitative estimate of drug-likeness (QED) is 0.688. The smallest absolute Gasteiger partial charge is 0.271 e. The number of hydrogen-bond acceptors (Lipinski definition) is 5. The van der Waals surface area contributed by atoms with Gasteiger partial charge in [0.1, 0.15) is 5.82 Å². The Balaban J connectivity index is 2.79. The normalized spacial score (nSPS) is 11.2. The molecule has 0 aliphatic carbocycles. The Morgan fingerprint density at radius 3 is 2.37 bits per heavy atom. The average Bonchev–Trinajstić information content (AvgIpc) is 2.46. The zero-order valence-corrected chi connectivity index (χ0v) is 11.9. The van der Waals surface area contributed by atoms with Crippen LogP contribution in [-0.2, 0) is 0 Å². The van der Waals surface area contributed by atoms with Crippen molar-refractivity contribution in [3.05, 3.63) is 17.8 Å². The fourth-order valence-corrected chi connectivity index (χ4v) is 1.81. The van der Waals surface area contributed by atoms with Gasteiger partial charge in [0.25, 0.3) is 5.91 Å². The van der Waals surface area contributed by atoms with Crippen molar-refractivity contribution in [2.45, 2.75) is 39.2 Å². The standard InChI is InChI=1S/C13H23N5O/c1-4-13(5-2,9-14)16-11-8-7-10(17-18-11)12(19)15-6-3/h7-8H,4-6,9,14H2,1-3H3,(H,15,19)(H,16,18). The maximum absolute atomic E-state index is 11.6. The highest BCUT2D eigenvalue weighted by Crippen LogP contribution is 2.19. The van der Waals surface area contributed by atoms with Crippen molar-refractivity contribution < 1.29 is 4.79 Å². The van der Waals surface area contributed by atoms with E-state index in [1.54, 1.807) is 12.1 Å². The van der Waals surface area contributed by atoms with E-state index in [2.05, 4.69) is 34.7 Å². The Morgan fingerprint density at radius 1 is 1.26 bits per heavy atom. The second-order valence-corrected chi connectivity index (χ2v) is 4.48. The second-order valence-electron chi connectivity index (χ2n) is 4.48. The lowest BCUT2D eigenvalue weighted by Gasteiger charge is -2.31. The molecule has 0 saturated carbocycles. The van der Waals surface area contributed by atoms with Gasteiger partial charge in [-0.15, -0.1) is 10.2 Å². The third kappa shape index (κ3) is 3.89. The van der Waals surface area contributed by atoms with Gasteiger partial charge in [-0.2, -0.15) is 0 Å². The predicted octanol–water partition coefficient (Wildman–Crippen LogP) is 1.16. The molecule has 1 heterocycles. The lowest BCUT2D eigenvalue weighted by Crippen LogP contribution is -2.44. The Hall–Kier alpha value is -1.69. The van der Waals surface area contributed by atoms with Crippen LogP contribution in [0, 0.1) is 0 Å². The molecule has 106 valence electrons. The van der Waals surface area contributed by atoms with Gasteiger partial charge in [-0.25, -0.2) is 0 Å². The third-order valence-electron chi connectivity index (χ3n) is 3.37. The summed E-state index contributed by atoms with van der Waals surface area (Å²) < 4.78 is 0. The number of nitrogens with zero attached hydrogens (tertiary/aromatic N) is 2. The summed E-state index contributed by atoms with van der Waals surface area (Å²) in [5, 5.41) is 13.9. The van der Waals surface area contributed by atoms with Crippen LogP contribution in [0.15, 0.2) is 12.1 Å². The largest absolute Gasteiger partial charge is 0.362 e. The third-order valence-corrected chi connectivity index (χ3v) is 3.37. The summed E-state index contributed by atoms with van der Waals surface area (Å²) in [5.74, 6) is 0.430. The molecule has 0 saturated heterocycles. The molecule has 0 bridgehead atoms. The van der Waals surface area contributed by atoms with Gasteiger partial charge in [-0.3, -0.25) is 4.79 Å². The highest BCUT2D eigenvalue weighted by Gasteiger charge is 2.24. The van der Waals surface area contributed by atoms with Crippen molar-refractivity contribution in [2.75, 3.05) is 18.4 Å².